The minimum absolute atomic E-state index is 0.119. The summed E-state index contributed by atoms with van der Waals surface area (Å²) in [6, 6.07) is 23.4. The van der Waals surface area contributed by atoms with Crippen LogP contribution >= 0.6 is 0 Å². The molecule has 0 saturated heterocycles. The molecule has 0 spiro atoms. The SMILES string of the molecule is O=S(=O)(N=C1c2ccccc2C(=NS(=O)(=O)c2ccccc2)C2CC=CCC12)c1ccccc1. The van der Waals surface area contributed by atoms with E-state index in [1.54, 1.807) is 60.7 Å². The lowest BCUT2D eigenvalue weighted by Crippen LogP contribution is -2.39. The van der Waals surface area contributed by atoms with Gasteiger partial charge in [0.25, 0.3) is 20.0 Å². The number of nitrogens with zero attached hydrogens (tertiary/aromatic N) is 2. The molecule has 0 heterocycles. The highest BCUT2D eigenvalue weighted by Crippen LogP contribution is 2.39. The molecule has 0 radical (unpaired) electrons. The lowest BCUT2D eigenvalue weighted by Gasteiger charge is -2.36. The summed E-state index contributed by atoms with van der Waals surface area (Å²) < 4.78 is 61.2. The summed E-state index contributed by atoms with van der Waals surface area (Å²) in [4.78, 5) is 0.239. The molecule has 0 bridgehead atoms. The maximum Gasteiger partial charge on any atom is 0.282 e. The van der Waals surface area contributed by atoms with Crippen LogP contribution in [0.2, 0.25) is 0 Å². The van der Waals surface area contributed by atoms with Gasteiger partial charge in [-0.25, -0.2) is 0 Å². The third-order valence-corrected chi connectivity index (χ3v) is 8.74. The predicted octanol–water partition coefficient (Wildman–Crippen LogP) is 4.64. The topological polar surface area (TPSA) is 93.0 Å². The fraction of sp³-hybridized carbons (Fsp3) is 0.154. The van der Waals surface area contributed by atoms with Gasteiger partial charge in [0.2, 0.25) is 0 Å². The zero-order valence-electron chi connectivity index (χ0n) is 18.2. The maximum atomic E-state index is 13.1. The molecule has 2 aliphatic rings. The van der Waals surface area contributed by atoms with Gasteiger partial charge in [-0.15, -0.1) is 0 Å². The third-order valence-electron chi connectivity index (χ3n) is 6.13. The lowest BCUT2D eigenvalue weighted by atomic mass is 9.69. The Morgan fingerprint density at radius 1 is 0.529 bits per heavy atom. The zero-order chi connectivity index (χ0) is 23.8. The highest BCUT2D eigenvalue weighted by Gasteiger charge is 2.40. The summed E-state index contributed by atoms with van der Waals surface area (Å²) >= 11 is 0. The van der Waals surface area contributed by atoms with E-state index in [-0.39, 0.29) is 21.6 Å². The largest absolute Gasteiger partial charge is 0.282 e. The molecule has 0 aliphatic heterocycles. The second-order valence-electron chi connectivity index (χ2n) is 8.23. The molecule has 34 heavy (non-hydrogen) atoms. The van der Waals surface area contributed by atoms with Crippen molar-refractivity contribution in [2.75, 3.05) is 0 Å². The van der Waals surface area contributed by atoms with Crippen LogP contribution in [-0.2, 0) is 20.0 Å². The minimum Gasteiger partial charge on any atom is -0.199 e. The van der Waals surface area contributed by atoms with Gasteiger partial charge in [-0.2, -0.15) is 25.6 Å². The Kier molecular flexibility index (Phi) is 5.79. The first-order chi connectivity index (χ1) is 16.4. The zero-order valence-corrected chi connectivity index (χ0v) is 19.8. The Morgan fingerprint density at radius 2 is 0.882 bits per heavy atom. The summed E-state index contributed by atoms with van der Waals surface area (Å²) in [5, 5.41) is 0. The van der Waals surface area contributed by atoms with E-state index in [0.29, 0.717) is 35.4 Å². The van der Waals surface area contributed by atoms with Crippen LogP contribution in [0.25, 0.3) is 0 Å². The molecule has 6 nitrogen and oxygen atoms in total. The summed E-state index contributed by atoms with van der Waals surface area (Å²) in [5.74, 6) is -0.605. The smallest absolute Gasteiger partial charge is 0.199 e. The van der Waals surface area contributed by atoms with Crippen molar-refractivity contribution in [3.63, 3.8) is 0 Å². The van der Waals surface area contributed by atoms with E-state index in [0.717, 1.165) is 0 Å². The van der Waals surface area contributed by atoms with Crippen LogP contribution in [0.1, 0.15) is 24.0 Å². The van der Waals surface area contributed by atoms with E-state index in [1.165, 1.54) is 24.3 Å². The molecule has 3 aromatic rings. The van der Waals surface area contributed by atoms with Crippen LogP contribution in [0.5, 0.6) is 0 Å². The van der Waals surface area contributed by atoms with Crippen molar-refractivity contribution >= 4 is 31.5 Å². The standard InChI is InChI=1S/C26H22N2O4S2/c29-33(30,19-11-3-1-4-12-19)27-25-21-15-7-9-17-23(21)26(24-18-10-8-16-22(24)25)28-34(31,32)20-13-5-2-6-14-20/h1-15,17,22,24H,16,18H2. The molecule has 5 rings (SSSR count). The molecular weight excluding hydrogens is 468 g/mol. The van der Waals surface area contributed by atoms with Gasteiger partial charge in [0.15, 0.2) is 0 Å². The van der Waals surface area contributed by atoms with Gasteiger partial charge in [0.05, 0.1) is 21.2 Å². The molecule has 2 aliphatic carbocycles. The van der Waals surface area contributed by atoms with E-state index in [4.69, 9.17) is 0 Å². The Labute approximate surface area is 199 Å². The van der Waals surface area contributed by atoms with Crippen LogP contribution in [0.3, 0.4) is 0 Å². The van der Waals surface area contributed by atoms with Crippen molar-refractivity contribution in [1.29, 1.82) is 0 Å². The van der Waals surface area contributed by atoms with Gasteiger partial charge in [-0.05, 0) is 37.1 Å². The van der Waals surface area contributed by atoms with Crippen LogP contribution in [0, 0.1) is 11.8 Å². The number of benzene rings is 3. The van der Waals surface area contributed by atoms with E-state index >= 15 is 0 Å². The van der Waals surface area contributed by atoms with Crippen molar-refractivity contribution in [3.8, 4) is 0 Å². The molecule has 2 unspecified atom stereocenters. The second kappa shape index (κ2) is 8.77. The molecule has 0 saturated carbocycles. The van der Waals surface area contributed by atoms with Gasteiger partial charge in [0.1, 0.15) is 0 Å². The van der Waals surface area contributed by atoms with E-state index in [2.05, 4.69) is 8.80 Å². The lowest BCUT2D eigenvalue weighted by molar-refractivity contribution is 0.515. The fourth-order valence-electron chi connectivity index (χ4n) is 4.53. The van der Waals surface area contributed by atoms with Crippen molar-refractivity contribution in [1.82, 2.24) is 0 Å². The van der Waals surface area contributed by atoms with Crippen LogP contribution in [0.4, 0.5) is 0 Å². The van der Waals surface area contributed by atoms with E-state index < -0.39 is 20.0 Å². The minimum atomic E-state index is -3.94. The summed E-state index contributed by atoms with van der Waals surface area (Å²) in [5.41, 5.74) is 2.09. The molecule has 2 atom stereocenters. The summed E-state index contributed by atoms with van der Waals surface area (Å²) in [6.07, 6.45) is 5.07. The first-order valence-corrected chi connectivity index (χ1v) is 13.8. The average Bonchev–Trinajstić information content (AvgIpc) is 2.87. The first kappa shape index (κ1) is 22.4. The maximum absolute atomic E-state index is 13.1. The number of allylic oxidation sites excluding steroid dienone is 2. The first-order valence-electron chi connectivity index (χ1n) is 10.9. The number of rotatable bonds is 4. The molecule has 0 aromatic heterocycles. The number of fused-ring (bicyclic) bond motifs is 2. The molecule has 3 aromatic carbocycles. The molecular formula is C26H22N2O4S2. The molecule has 0 N–H and O–H groups in total. The average molecular weight is 491 g/mol. The van der Waals surface area contributed by atoms with Crippen LogP contribution < -0.4 is 0 Å². The van der Waals surface area contributed by atoms with Crippen molar-refractivity contribution < 1.29 is 16.8 Å². The number of hydrogen-bond acceptors (Lipinski definition) is 4. The number of hydrogen-bond donors (Lipinski definition) is 0. The predicted molar refractivity (Wildman–Crippen MR) is 132 cm³/mol. The molecule has 0 amide bonds. The Balaban J connectivity index is 1.71. The normalized spacial score (nSPS) is 22.4. The van der Waals surface area contributed by atoms with Gasteiger partial charge >= 0.3 is 0 Å². The summed E-state index contributed by atoms with van der Waals surface area (Å²) in [7, 11) is -7.89. The van der Waals surface area contributed by atoms with Gasteiger partial charge < -0.3 is 0 Å². The quantitative estimate of drug-likeness (QED) is 0.498. The summed E-state index contributed by atoms with van der Waals surface area (Å²) in [6.45, 7) is 0. The highest BCUT2D eigenvalue weighted by molar-refractivity contribution is 7.90. The molecule has 0 fully saturated rings. The Hall–Kier alpha value is -3.36. The monoisotopic (exact) mass is 490 g/mol. The van der Waals surface area contributed by atoms with E-state index in [9.17, 15) is 16.8 Å². The van der Waals surface area contributed by atoms with Crippen molar-refractivity contribution in [2.45, 2.75) is 22.6 Å². The van der Waals surface area contributed by atoms with Crippen LogP contribution in [-0.4, -0.2) is 28.3 Å². The van der Waals surface area contributed by atoms with Crippen molar-refractivity contribution in [2.24, 2.45) is 20.6 Å². The third kappa shape index (κ3) is 4.15. The van der Waals surface area contributed by atoms with Crippen LogP contribution in [0.15, 0.2) is 116 Å². The van der Waals surface area contributed by atoms with Gasteiger partial charge in [0, 0.05) is 23.0 Å². The molecule has 8 heteroatoms. The Bertz CT molecular complexity index is 1410. The fourth-order valence-corrected chi connectivity index (χ4v) is 6.73. The molecule has 172 valence electrons. The highest BCUT2D eigenvalue weighted by atomic mass is 32.2. The second-order valence-corrected chi connectivity index (χ2v) is 11.4. The van der Waals surface area contributed by atoms with Gasteiger partial charge in [-0.1, -0.05) is 72.8 Å². The Morgan fingerprint density at radius 3 is 1.26 bits per heavy atom. The van der Waals surface area contributed by atoms with Crippen molar-refractivity contribution in [3.05, 3.63) is 108 Å². The van der Waals surface area contributed by atoms with E-state index in [1.807, 2.05) is 12.2 Å². The number of sulfonamides is 2. The van der Waals surface area contributed by atoms with Gasteiger partial charge in [-0.3, -0.25) is 0 Å².